The lowest BCUT2D eigenvalue weighted by Gasteiger charge is -2.08. The highest BCUT2D eigenvalue weighted by Gasteiger charge is 2.18. The molecule has 21 heavy (non-hydrogen) atoms. The van der Waals surface area contributed by atoms with Crippen LogP contribution in [0.25, 0.3) is 0 Å². The minimum atomic E-state index is -3.78. The fourth-order valence-electron chi connectivity index (χ4n) is 1.45. The third-order valence-electron chi connectivity index (χ3n) is 2.42. The second-order valence-corrected chi connectivity index (χ2v) is 7.43. The number of sulfonamides is 1. The number of halogens is 1. The van der Waals surface area contributed by atoms with Crippen molar-refractivity contribution in [3.63, 3.8) is 0 Å². The summed E-state index contributed by atoms with van der Waals surface area (Å²) in [4.78, 5) is 4.01. The van der Waals surface area contributed by atoms with Crippen molar-refractivity contribution in [3.8, 4) is 0 Å². The fourth-order valence-corrected chi connectivity index (χ4v) is 3.54. The highest BCUT2D eigenvalue weighted by molar-refractivity contribution is 7.93. The number of nitrogens with zero attached hydrogens (tertiary/aromatic N) is 3. The van der Waals surface area contributed by atoms with Crippen molar-refractivity contribution in [2.75, 3.05) is 16.6 Å². The molecule has 0 aliphatic heterocycles. The van der Waals surface area contributed by atoms with E-state index in [-0.39, 0.29) is 15.0 Å². The van der Waals surface area contributed by atoms with Crippen molar-refractivity contribution >= 4 is 43.9 Å². The van der Waals surface area contributed by atoms with Gasteiger partial charge in [0.05, 0.1) is 5.02 Å². The third-order valence-corrected chi connectivity index (χ3v) is 4.89. The summed E-state index contributed by atoms with van der Waals surface area (Å²) < 4.78 is 26.7. The predicted molar refractivity (Wildman–Crippen MR) is 83.5 cm³/mol. The highest BCUT2D eigenvalue weighted by Crippen LogP contribution is 2.24. The van der Waals surface area contributed by atoms with Gasteiger partial charge in [0.25, 0.3) is 10.0 Å². The minimum Gasteiger partial charge on any atom is -0.369 e. The van der Waals surface area contributed by atoms with E-state index in [1.165, 1.54) is 12.3 Å². The van der Waals surface area contributed by atoms with E-state index in [0.29, 0.717) is 17.4 Å². The molecule has 0 aromatic carbocycles. The lowest BCUT2D eigenvalue weighted by molar-refractivity contribution is 0.600. The molecule has 10 heteroatoms. The number of hydrogen-bond donors (Lipinski definition) is 2. The van der Waals surface area contributed by atoms with Gasteiger partial charge in [0, 0.05) is 12.7 Å². The molecule has 2 rings (SSSR count). The maximum Gasteiger partial charge on any atom is 0.265 e. The van der Waals surface area contributed by atoms with Crippen molar-refractivity contribution in [1.82, 2.24) is 15.2 Å². The van der Waals surface area contributed by atoms with Gasteiger partial charge in [0.1, 0.15) is 15.7 Å². The molecular formula is C11H14ClN5O2S2. The molecule has 0 unspecified atom stereocenters. The van der Waals surface area contributed by atoms with Gasteiger partial charge in [-0.05, 0) is 19.4 Å². The first-order valence-corrected chi connectivity index (χ1v) is 8.82. The molecule has 2 aromatic rings. The number of aromatic nitrogens is 3. The predicted octanol–water partition coefficient (Wildman–Crippen LogP) is 2.52. The Hall–Kier alpha value is -1.45. The molecule has 2 aromatic heterocycles. The van der Waals surface area contributed by atoms with Gasteiger partial charge in [-0.15, -0.1) is 10.2 Å². The number of nitrogens with one attached hydrogen (secondary N) is 2. The first kappa shape index (κ1) is 15.9. The summed E-state index contributed by atoms with van der Waals surface area (Å²) in [7, 11) is -3.78. The van der Waals surface area contributed by atoms with E-state index in [4.69, 9.17) is 11.6 Å². The lowest BCUT2D eigenvalue weighted by atomic mass is 10.4. The summed E-state index contributed by atoms with van der Waals surface area (Å²) in [6, 6.07) is 1.35. The highest BCUT2D eigenvalue weighted by atomic mass is 35.5. The van der Waals surface area contributed by atoms with Crippen LogP contribution < -0.4 is 10.0 Å². The molecule has 0 amide bonds. The quantitative estimate of drug-likeness (QED) is 0.833. The van der Waals surface area contributed by atoms with Gasteiger partial charge in [0.15, 0.2) is 0 Å². The van der Waals surface area contributed by atoms with E-state index < -0.39 is 10.0 Å². The first-order valence-electron chi connectivity index (χ1n) is 6.14. The maximum absolute atomic E-state index is 12.2. The summed E-state index contributed by atoms with van der Waals surface area (Å²) in [5.41, 5.74) is 0. The molecule has 7 nitrogen and oxygen atoms in total. The molecule has 0 atom stereocenters. The van der Waals surface area contributed by atoms with E-state index in [1.54, 1.807) is 6.92 Å². The Labute approximate surface area is 131 Å². The van der Waals surface area contributed by atoms with Crippen molar-refractivity contribution in [3.05, 3.63) is 22.3 Å². The molecule has 0 fully saturated rings. The van der Waals surface area contributed by atoms with E-state index in [9.17, 15) is 8.42 Å². The zero-order chi connectivity index (χ0) is 15.5. The summed E-state index contributed by atoms with van der Waals surface area (Å²) in [5, 5.41) is 11.6. The van der Waals surface area contributed by atoms with Crippen LogP contribution in [0.5, 0.6) is 0 Å². The van der Waals surface area contributed by atoms with Gasteiger partial charge < -0.3 is 5.32 Å². The molecule has 2 heterocycles. The topological polar surface area (TPSA) is 96.9 Å². The lowest BCUT2D eigenvalue weighted by Crippen LogP contribution is -2.13. The van der Waals surface area contributed by atoms with Crippen LogP contribution in [0.1, 0.15) is 18.4 Å². The van der Waals surface area contributed by atoms with Crippen LogP contribution in [-0.4, -0.2) is 30.1 Å². The van der Waals surface area contributed by atoms with Gasteiger partial charge in [0.2, 0.25) is 5.13 Å². The van der Waals surface area contributed by atoms with Crippen molar-refractivity contribution in [2.45, 2.75) is 25.2 Å². The van der Waals surface area contributed by atoms with E-state index in [2.05, 4.69) is 25.2 Å². The number of rotatable bonds is 6. The zero-order valence-electron chi connectivity index (χ0n) is 11.4. The fraction of sp³-hybridized carbons (Fsp3) is 0.364. The van der Waals surface area contributed by atoms with Crippen LogP contribution in [0.3, 0.4) is 0 Å². The molecule has 0 spiro atoms. The van der Waals surface area contributed by atoms with Gasteiger partial charge in [-0.3, -0.25) is 4.72 Å². The van der Waals surface area contributed by atoms with Gasteiger partial charge in [-0.2, -0.15) is 0 Å². The molecule has 0 saturated carbocycles. The number of pyridine rings is 1. The molecule has 0 radical (unpaired) electrons. The standard InChI is InChI=1S/C11H14ClN5O2S2/c1-3-4-13-10-9(12)5-8(6-14-10)21(18,19)17-11-16-15-7(2)20-11/h5-6H,3-4H2,1-2H3,(H,13,14)(H,16,17). The Morgan fingerprint density at radius 2 is 2.14 bits per heavy atom. The SMILES string of the molecule is CCCNc1ncc(S(=O)(=O)Nc2nnc(C)s2)cc1Cl. The summed E-state index contributed by atoms with van der Waals surface area (Å²) in [6.07, 6.45) is 2.16. The first-order chi connectivity index (χ1) is 9.92. The molecule has 0 saturated heterocycles. The minimum absolute atomic E-state index is 0.0256. The molecule has 2 N–H and O–H groups in total. The summed E-state index contributed by atoms with van der Waals surface area (Å²) in [6.45, 7) is 4.46. The van der Waals surface area contributed by atoms with E-state index in [0.717, 1.165) is 17.8 Å². The Morgan fingerprint density at radius 3 is 2.71 bits per heavy atom. The van der Waals surface area contributed by atoms with E-state index in [1.807, 2.05) is 6.92 Å². The second kappa shape index (κ2) is 6.54. The Kier molecular flexibility index (Phi) is 4.96. The van der Waals surface area contributed by atoms with Crippen LogP contribution in [0, 0.1) is 6.92 Å². The van der Waals surface area contributed by atoms with E-state index >= 15 is 0 Å². The van der Waals surface area contributed by atoms with Crippen LogP contribution in [0.4, 0.5) is 10.9 Å². The zero-order valence-corrected chi connectivity index (χ0v) is 13.8. The summed E-state index contributed by atoms with van der Waals surface area (Å²) in [5.74, 6) is 0.462. The molecule has 0 bridgehead atoms. The summed E-state index contributed by atoms with van der Waals surface area (Å²) >= 11 is 7.19. The average Bonchev–Trinajstić information content (AvgIpc) is 2.82. The molecular weight excluding hydrogens is 334 g/mol. The van der Waals surface area contributed by atoms with Crippen molar-refractivity contribution in [1.29, 1.82) is 0 Å². The number of hydrogen-bond acceptors (Lipinski definition) is 7. The van der Waals surface area contributed by atoms with Gasteiger partial charge >= 0.3 is 0 Å². The van der Waals surface area contributed by atoms with Crippen LogP contribution in [0.2, 0.25) is 5.02 Å². The van der Waals surface area contributed by atoms with Gasteiger partial charge in [-0.25, -0.2) is 13.4 Å². The molecule has 0 aliphatic rings. The number of aryl methyl sites for hydroxylation is 1. The second-order valence-electron chi connectivity index (χ2n) is 4.16. The molecule has 114 valence electrons. The Balaban J connectivity index is 2.22. The average molecular weight is 348 g/mol. The largest absolute Gasteiger partial charge is 0.369 e. The monoisotopic (exact) mass is 347 g/mol. The van der Waals surface area contributed by atoms with Crippen LogP contribution in [0.15, 0.2) is 17.2 Å². The maximum atomic E-state index is 12.2. The van der Waals surface area contributed by atoms with Crippen LogP contribution >= 0.6 is 22.9 Å². The Morgan fingerprint density at radius 1 is 1.38 bits per heavy atom. The smallest absolute Gasteiger partial charge is 0.265 e. The third kappa shape index (κ3) is 4.02. The molecule has 0 aliphatic carbocycles. The van der Waals surface area contributed by atoms with Gasteiger partial charge in [-0.1, -0.05) is 29.9 Å². The van der Waals surface area contributed by atoms with Crippen molar-refractivity contribution in [2.24, 2.45) is 0 Å². The van der Waals surface area contributed by atoms with Crippen molar-refractivity contribution < 1.29 is 8.42 Å². The normalized spacial score (nSPS) is 11.4. The van der Waals surface area contributed by atoms with Crippen LogP contribution in [-0.2, 0) is 10.0 Å². The Bertz CT molecular complexity index is 732. The number of anilines is 2.